The van der Waals surface area contributed by atoms with Crippen LogP contribution in [0.15, 0.2) is 261 Å². The molecule has 1 aliphatic heterocycles. The van der Waals surface area contributed by atoms with Crippen LogP contribution >= 0.6 is 0 Å². The minimum absolute atomic E-state index is 0. The predicted octanol–water partition coefficient (Wildman–Crippen LogP) is 16.5. The van der Waals surface area contributed by atoms with Gasteiger partial charge in [0.1, 0.15) is 91.7 Å². The van der Waals surface area contributed by atoms with Crippen LogP contribution in [0.1, 0.15) is 168 Å². The van der Waals surface area contributed by atoms with Crippen molar-refractivity contribution in [1.82, 2.24) is 25.3 Å². The molecule has 12 aromatic carbocycles. The van der Waals surface area contributed by atoms with Crippen LogP contribution in [0.25, 0.3) is 9.69 Å². The van der Waals surface area contributed by atoms with Crippen molar-refractivity contribution in [3.8, 4) is 46.3 Å². The van der Waals surface area contributed by atoms with Crippen LogP contribution in [-0.4, -0.2) is 174 Å². The van der Waals surface area contributed by atoms with Crippen LogP contribution in [0.5, 0.6) is 40.2 Å². The Hall–Kier alpha value is -16.2. The maximum Gasteiger partial charge on any atom is 1.00 e. The second-order valence-electron chi connectivity index (χ2n) is 34.7. The van der Waals surface area contributed by atoms with E-state index >= 15 is 0 Å². The Kier molecular flexibility index (Phi) is 48.9. The Bertz CT molecular complexity index is 6690. The van der Waals surface area contributed by atoms with Crippen molar-refractivity contribution >= 4 is 73.2 Å². The number of amides is 5. The van der Waals surface area contributed by atoms with E-state index in [9.17, 15) is 70.2 Å². The van der Waals surface area contributed by atoms with Gasteiger partial charge in [-0.05, 0) is 196 Å². The monoisotopic (exact) mass is 2060 g/mol. The van der Waals surface area contributed by atoms with Gasteiger partial charge in [-0.25, -0.2) is 37.2 Å². The van der Waals surface area contributed by atoms with Crippen molar-refractivity contribution in [2.75, 3.05) is 55.5 Å². The number of hydrogen-bond donors (Lipinski definition) is 4. The summed E-state index contributed by atoms with van der Waals surface area (Å²) in [7, 11) is 9.89. The summed E-state index contributed by atoms with van der Waals surface area (Å²) in [5.74, 6) is -16.8. The molecule has 1 heterocycles. The van der Waals surface area contributed by atoms with Gasteiger partial charge in [0.2, 0.25) is 46.2 Å². The molecule has 0 saturated carbocycles. The van der Waals surface area contributed by atoms with Crippen LogP contribution in [0.2, 0.25) is 0 Å². The van der Waals surface area contributed by atoms with Crippen LogP contribution < -0.4 is 79.1 Å². The molecule has 0 spiro atoms. The third kappa shape index (κ3) is 37.3. The van der Waals surface area contributed by atoms with Crippen molar-refractivity contribution in [3.63, 3.8) is 0 Å². The average molecular weight is 2060 g/mol. The minimum atomic E-state index is -2.37. The van der Waals surface area contributed by atoms with Gasteiger partial charge in [-0.3, -0.25) is 28.8 Å². The van der Waals surface area contributed by atoms with Gasteiger partial charge < -0.3 is 85.0 Å². The zero-order valence-corrected chi connectivity index (χ0v) is 87.2. The molecule has 0 aliphatic carbocycles. The Morgan fingerprint density at radius 1 is 0.413 bits per heavy atom. The average Bonchev–Trinajstić information content (AvgIpc) is 1.44. The van der Waals surface area contributed by atoms with E-state index in [0.29, 0.717) is 57.6 Å². The van der Waals surface area contributed by atoms with Crippen LogP contribution in [0.4, 0.5) is 33.3 Å². The number of halogens is 5. The maximum absolute atomic E-state index is 13.6. The van der Waals surface area contributed by atoms with Gasteiger partial charge in [0, 0.05) is 87.9 Å². The van der Waals surface area contributed by atoms with Crippen LogP contribution in [0, 0.1) is 53.6 Å². The van der Waals surface area contributed by atoms with Gasteiger partial charge >= 0.3 is 53.4 Å². The first-order chi connectivity index (χ1) is 70.8. The zero-order valence-electron chi connectivity index (χ0n) is 86.2. The second kappa shape index (κ2) is 60.8. The summed E-state index contributed by atoms with van der Waals surface area (Å²) in [5, 5.41) is 24.2. The molecule has 150 heavy (non-hydrogen) atoms. The largest absolute Gasteiger partial charge is 1.00 e. The van der Waals surface area contributed by atoms with Crippen molar-refractivity contribution in [1.29, 1.82) is 5.26 Å². The Labute approximate surface area is 893 Å². The molecule has 13 rings (SSSR count). The van der Waals surface area contributed by atoms with Crippen LogP contribution in [0.3, 0.4) is 0 Å². The number of benzene rings is 12. The van der Waals surface area contributed by atoms with E-state index in [1.54, 1.807) is 123 Å². The number of hydrogen-bond acceptors (Lipinski definition) is 21. The number of rotatable bonds is 37. The molecule has 2 unspecified atom stereocenters. The molecule has 12 aromatic rings. The fourth-order valence-electron chi connectivity index (χ4n) is 13.9. The predicted molar refractivity (Wildman–Crippen MR) is 549 cm³/mol. The molecule has 5 N–H and O–H groups in total. The summed E-state index contributed by atoms with van der Waals surface area (Å²) in [5.41, 5.74) is 13.8. The van der Waals surface area contributed by atoms with Gasteiger partial charge in [0.25, 0.3) is 29.5 Å². The third-order valence-corrected chi connectivity index (χ3v) is 21.3. The number of carboxylic acid groups (broad SMARTS) is 1. The van der Waals surface area contributed by atoms with E-state index in [1.807, 2.05) is 185 Å². The fraction of sp³-hybridized carbons (Fsp3) is 0.263. The first-order valence-corrected chi connectivity index (χ1v) is 46.8. The molecule has 0 aromatic heterocycles. The maximum atomic E-state index is 13.6. The van der Waals surface area contributed by atoms with E-state index in [-0.39, 0.29) is 166 Å². The topological polar surface area (TPSA) is 358 Å². The number of nitrogens with zero attached hydrogens (tertiary/aromatic N) is 6. The number of carboxylic acids is 1. The van der Waals surface area contributed by atoms with Crippen LogP contribution in [-0.2, 0) is 80.9 Å². The minimum Gasteiger partial charge on any atom is -1.00 e. The van der Waals surface area contributed by atoms with E-state index in [0.717, 1.165) is 58.7 Å². The Morgan fingerprint density at radius 3 is 1.06 bits per heavy atom. The summed E-state index contributed by atoms with van der Waals surface area (Å²) in [6.07, 6.45) is 2.20. The molecule has 29 nitrogen and oxygen atoms in total. The SMILES string of the molecule is C1CCOC1.CC(C)Oc1ccc(C(=O)Oc2c(F)c(F)c(F)c(F)c2F)cc1C#N.CN(C)C(=O)c1cc(C[C@H](N)C(=O)OCc2ccccc2)ccc1OCc1ccccc1.[B].[C-]#[N+]c1cc(C(=O)NC(Cc2ccc(OCc3ccccc3)c(C(=O)N(C)C)c2)C(=O)O)ccc1OC(C)C.[C-]#[N+]c1cc(C(=O)NC(Cc2ccc(OCc3ccccc3)c(C(=O)N(C)C)c2)C(=O)OCc2ccccc2)ccc1OC(C)C.[H-].[Na+]. The molecule has 3 atom stereocenters. The first-order valence-electron chi connectivity index (χ1n) is 46.8. The van der Waals surface area contributed by atoms with Gasteiger partial charge in [0.15, 0.2) is 0 Å². The van der Waals surface area contributed by atoms with Gasteiger partial charge in [0.05, 0.1) is 59.3 Å². The number of carbonyl (C=O) groups excluding carboxylic acids is 8. The van der Waals surface area contributed by atoms with Gasteiger partial charge in [-0.1, -0.05) is 170 Å². The van der Waals surface area contributed by atoms with E-state index in [1.165, 1.54) is 57.9 Å². The van der Waals surface area contributed by atoms with E-state index < -0.39 is 88.7 Å². The quantitative estimate of drug-likeness (QED) is 0.00534. The molecular formula is C114H115BF5N9NaO20. The standard InChI is InChI=1S/C37H37N3O6.C30H31N3O6.C26H28N2O4.C17H10F5NO3.C4H8O.B.Na.H/c1-25(2)46-34-19-17-29(22-31(34)38-3)35(41)39-32(37(43)45-24-27-14-10-7-11-15-27)21-28-16-18-33(30(20-28)36(42)40(4)5)44-23-26-12-8-6-9-13-26;1-19(2)39-27-14-12-22(17-24(27)31-3)28(34)32-25(30(36)37)16-21-11-13-26(23(15-21)29(35)33(4)5)38-18-20-9-7-6-8-10-20;1-28(2)25(29)22-15-21(13-14-24(22)31-17-19-9-5-3-6-10-19)16-23(27)26(30)32-18-20-11-7-4-8-12-20;1-7(2)25-10-4-3-8(5-9(10)6-23)17(24)26-16-14(21)12(19)11(18)13(20)15(16)22;1-2-4-5-3-1;;;/h6-20,22,25,32H,21,23-24H2,1-2,4-5H3,(H,39,41);6-15,17,19,25H,16,18H2,1-2,4-5H3,(H,32,34)(H,36,37);3-15,23H,16-18,27H2,1-2H3;3-5,7H,1-2H3;1-4H2;;;/q;;;;;;+1;-1/t;;23-;;;;;/m..0...../s1. The van der Waals surface area contributed by atoms with E-state index in [4.69, 9.17) is 66.8 Å². The molecule has 5 amide bonds. The zero-order chi connectivity index (χ0) is 108. The van der Waals surface area contributed by atoms with Gasteiger partial charge in [-0.15, -0.1) is 0 Å². The Balaban J connectivity index is 0.000000305. The number of esters is 3. The number of nitrogens with one attached hydrogen (secondary N) is 2. The first kappa shape index (κ1) is 121. The molecule has 1 aliphatic rings. The second-order valence-corrected chi connectivity index (χ2v) is 34.7. The Morgan fingerprint density at radius 2 is 0.727 bits per heavy atom. The smallest absolute Gasteiger partial charge is 1.00 e. The molecule has 1 fully saturated rings. The van der Waals surface area contributed by atoms with Crippen molar-refractivity contribution in [2.24, 2.45) is 5.73 Å². The number of nitrogens with two attached hydrogens (primary N) is 1. The summed E-state index contributed by atoms with van der Waals surface area (Å²) < 4.78 is 121. The van der Waals surface area contributed by atoms with Crippen molar-refractivity contribution in [3.05, 3.63) is 396 Å². The number of aliphatic carboxylic acids is 1. The number of carbonyl (C=O) groups is 9. The molecular weight excluding hydrogens is 1940 g/mol. The summed E-state index contributed by atoms with van der Waals surface area (Å²) in [6.45, 7) is 28.7. The third-order valence-electron chi connectivity index (χ3n) is 21.3. The van der Waals surface area contributed by atoms with Crippen molar-refractivity contribution in [2.45, 2.75) is 143 Å². The molecule has 36 heteroatoms. The summed E-state index contributed by atoms with van der Waals surface area (Å²) >= 11 is 0. The normalized spacial score (nSPS) is 11.5. The number of ether oxygens (including phenoxy) is 10. The summed E-state index contributed by atoms with van der Waals surface area (Å²) in [6, 6.07) is 73.6. The van der Waals surface area contributed by atoms with E-state index in [2.05, 4.69) is 25.1 Å². The summed E-state index contributed by atoms with van der Waals surface area (Å²) in [4.78, 5) is 126. The fourth-order valence-corrected chi connectivity index (χ4v) is 13.9. The molecule has 0 bridgehead atoms. The van der Waals surface area contributed by atoms with Crippen molar-refractivity contribution < 1.29 is 149 Å². The molecule has 775 valence electrons. The molecule has 3 radical (unpaired) electrons. The number of nitriles is 1. The molecule has 1 saturated heterocycles. The van der Waals surface area contributed by atoms with Gasteiger partial charge in [-0.2, -0.15) is 14.0 Å².